The smallest absolute Gasteiger partial charge is 0.270 e. The number of nitriles is 1. The molecule has 4 amide bonds. The number of halogens is 1. The fourth-order valence-electron chi connectivity index (χ4n) is 8.50. The highest BCUT2D eigenvalue weighted by atomic mass is 35.5. The Morgan fingerprint density at radius 2 is 1.73 bits per heavy atom. The van der Waals surface area contributed by atoms with Crippen LogP contribution >= 0.6 is 11.6 Å². The van der Waals surface area contributed by atoms with Crippen LogP contribution in [0, 0.1) is 16.7 Å². The van der Waals surface area contributed by atoms with E-state index in [2.05, 4.69) is 61.2 Å². The van der Waals surface area contributed by atoms with Gasteiger partial charge in [-0.15, -0.1) is 0 Å². The third-order valence-electron chi connectivity index (χ3n) is 11.7. The number of carbonyl (C=O) groups excluding carboxylic acids is 4. The van der Waals surface area contributed by atoms with Crippen LogP contribution in [0.15, 0.2) is 60.8 Å². The van der Waals surface area contributed by atoms with E-state index in [4.69, 9.17) is 11.6 Å². The van der Waals surface area contributed by atoms with E-state index in [0.29, 0.717) is 42.3 Å². The van der Waals surface area contributed by atoms with Crippen molar-refractivity contribution in [3.8, 4) is 6.07 Å². The van der Waals surface area contributed by atoms with Gasteiger partial charge in [0.25, 0.3) is 11.8 Å². The number of nitrogens with zero attached hydrogens (tertiary/aromatic N) is 5. The normalized spacial score (nSPS) is 21.3. The van der Waals surface area contributed by atoms with Crippen LogP contribution in [0.4, 0.5) is 17.1 Å². The quantitative estimate of drug-likeness (QED) is 0.173. The second-order valence-electron chi connectivity index (χ2n) is 15.3. The third kappa shape index (κ3) is 8.87. The maximum atomic E-state index is 13.4. The highest BCUT2D eigenvalue weighted by Crippen LogP contribution is 2.46. The summed E-state index contributed by atoms with van der Waals surface area (Å²) < 4.78 is 0. The van der Waals surface area contributed by atoms with Crippen LogP contribution < -0.4 is 31.1 Å². The summed E-state index contributed by atoms with van der Waals surface area (Å²) >= 11 is 6.36. The standard InChI is InChI=1S/C41H48ClN9O4/c1-27-23-41(26-51(27)33-8-4-29(24-43)34(42)22-33)14-20-49(21-15-41)32-6-2-28(3-7-32)40(55)50-18-12-30(13-19-50)44-16-17-45-31-5-9-35(46-25-31)38(53)47-36-10-11-37(52)48-39(36)54/h2-9,22,25,27,30,36,44-45H,10-21,23,26H2,1H3,(H,47,53)(H,48,52,54)/t27-,36-/m1/s1. The number of hydrogen-bond donors (Lipinski definition) is 4. The minimum atomic E-state index is -0.744. The van der Waals surface area contributed by atoms with E-state index in [1.807, 2.05) is 35.2 Å². The first-order chi connectivity index (χ1) is 26.6. The third-order valence-corrected chi connectivity index (χ3v) is 12.0. The maximum absolute atomic E-state index is 13.4. The molecule has 0 aliphatic carbocycles. The molecular weight excluding hydrogens is 718 g/mol. The zero-order chi connectivity index (χ0) is 38.5. The zero-order valence-electron chi connectivity index (χ0n) is 31.2. The van der Waals surface area contributed by atoms with Crippen molar-refractivity contribution in [3.05, 3.63) is 82.6 Å². The Kier molecular flexibility index (Phi) is 11.5. The second-order valence-corrected chi connectivity index (χ2v) is 15.8. The van der Waals surface area contributed by atoms with Gasteiger partial charge in [-0.3, -0.25) is 24.5 Å². The summed E-state index contributed by atoms with van der Waals surface area (Å²) in [5.41, 5.74) is 4.71. The number of piperidine rings is 3. The lowest BCUT2D eigenvalue weighted by Gasteiger charge is -2.40. The number of anilines is 3. The molecule has 0 radical (unpaired) electrons. The molecule has 0 bridgehead atoms. The van der Waals surface area contributed by atoms with Crippen molar-refractivity contribution in [2.75, 3.05) is 60.9 Å². The minimum absolute atomic E-state index is 0.0777. The number of hydrogen-bond acceptors (Lipinski definition) is 10. The molecule has 2 aromatic carbocycles. The van der Waals surface area contributed by atoms with Gasteiger partial charge in [0.05, 0.1) is 22.5 Å². The first kappa shape index (κ1) is 38.1. The number of aromatic nitrogens is 1. The molecule has 4 aliphatic rings. The molecule has 4 saturated heterocycles. The van der Waals surface area contributed by atoms with Crippen molar-refractivity contribution >= 4 is 52.3 Å². The summed E-state index contributed by atoms with van der Waals surface area (Å²) in [6, 6.07) is 19.4. The van der Waals surface area contributed by atoms with Gasteiger partial charge in [0.1, 0.15) is 17.8 Å². The molecule has 5 heterocycles. The van der Waals surface area contributed by atoms with Gasteiger partial charge < -0.3 is 30.7 Å². The van der Waals surface area contributed by atoms with Gasteiger partial charge in [-0.2, -0.15) is 5.26 Å². The van der Waals surface area contributed by atoms with Crippen molar-refractivity contribution in [2.45, 2.75) is 70.0 Å². The Hall–Kier alpha value is -5.19. The highest BCUT2D eigenvalue weighted by molar-refractivity contribution is 6.32. The average molecular weight is 766 g/mol. The van der Waals surface area contributed by atoms with Crippen molar-refractivity contribution in [3.63, 3.8) is 0 Å². The fourth-order valence-corrected chi connectivity index (χ4v) is 8.72. The second kappa shape index (κ2) is 16.7. The monoisotopic (exact) mass is 765 g/mol. The fraction of sp³-hybridized carbons (Fsp3) is 0.463. The number of likely N-dealkylation sites (tertiary alicyclic amines) is 1. The molecule has 1 spiro atoms. The predicted molar refractivity (Wildman–Crippen MR) is 211 cm³/mol. The highest BCUT2D eigenvalue weighted by Gasteiger charge is 2.44. The van der Waals surface area contributed by atoms with Crippen molar-refractivity contribution < 1.29 is 19.2 Å². The molecule has 4 aliphatic heterocycles. The van der Waals surface area contributed by atoms with Gasteiger partial charge in [0.2, 0.25) is 11.8 Å². The Labute approximate surface area is 326 Å². The molecule has 1 aromatic heterocycles. The Bertz CT molecular complexity index is 1930. The summed E-state index contributed by atoms with van der Waals surface area (Å²) in [5.74, 6) is -1.21. The van der Waals surface area contributed by atoms with Crippen molar-refractivity contribution in [1.82, 2.24) is 25.8 Å². The largest absolute Gasteiger partial charge is 0.383 e. The van der Waals surface area contributed by atoms with Gasteiger partial charge in [-0.25, -0.2) is 4.98 Å². The molecule has 3 aromatic rings. The number of amides is 4. The van der Waals surface area contributed by atoms with E-state index < -0.39 is 17.9 Å². The van der Waals surface area contributed by atoms with Crippen molar-refractivity contribution in [2.24, 2.45) is 5.41 Å². The van der Waals surface area contributed by atoms with E-state index >= 15 is 0 Å². The van der Waals surface area contributed by atoms with Crippen LogP contribution in [0.2, 0.25) is 5.02 Å². The number of carbonyl (C=O) groups is 4. The van der Waals surface area contributed by atoms with Gasteiger partial charge in [-0.05, 0) is 105 Å². The molecule has 13 nitrogen and oxygen atoms in total. The first-order valence-corrected chi connectivity index (χ1v) is 19.7. The van der Waals surface area contributed by atoms with Crippen LogP contribution in [-0.4, -0.2) is 97.5 Å². The van der Waals surface area contributed by atoms with Crippen LogP contribution in [0.3, 0.4) is 0 Å². The number of imide groups is 1. The number of benzene rings is 2. The van der Waals surface area contributed by atoms with E-state index in [0.717, 1.165) is 80.9 Å². The lowest BCUT2D eigenvalue weighted by Crippen LogP contribution is -2.52. The van der Waals surface area contributed by atoms with E-state index in [-0.39, 0.29) is 35.8 Å². The molecule has 55 heavy (non-hydrogen) atoms. The molecule has 2 atom stereocenters. The van der Waals surface area contributed by atoms with Crippen LogP contribution in [-0.2, 0) is 9.59 Å². The number of rotatable bonds is 10. The molecular formula is C41H48ClN9O4. The lowest BCUT2D eigenvalue weighted by atomic mass is 9.76. The predicted octanol–water partition coefficient (Wildman–Crippen LogP) is 4.33. The molecule has 0 unspecified atom stereocenters. The van der Waals surface area contributed by atoms with E-state index in [9.17, 15) is 24.4 Å². The summed E-state index contributed by atoms with van der Waals surface area (Å²) in [4.78, 5) is 60.2. The molecule has 4 fully saturated rings. The summed E-state index contributed by atoms with van der Waals surface area (Å²) in [6.45, 7) is 8.04. The molecule has 4 N–H and O–H groups in total. The van der Waals surface area contributed by atoms with Gasteiger partial charge in [0.15, 0.2) is 0 Å². The zero-order valence-corrected chi connectivity index (χ0v) is 31.9. The van der Waals surface area contributed by atoms with Crippen LogP contribution in [0.5, 0.6) is 0 Å². The minimum Gasteiger partial charge on any atom is -0.383 e. The molecule has 0 saturated carbocycles. The molecule has 7 rings (SSSR count). The topological polar surface area (TPSA) is 163 Å². The number of nitrogens with one attached hydrogen (secondary N) is 4. The summed E-state index contributed by atoms with van der Waals surface area (Å²) in [6.07, 6.45) is 7.16. The average Bonchev–Trinajstić information content (AvgIpc) is 3.52. The lowest BCUT2D eigenvalue weighted by molar-refractivity contribution is -0.134. The Morgan fingerprint density at radius 1 is 0.982 bits per heavy atom. The molecule has 288 valence electrons. The van der Waals surface area contributed by atoms with E-state index in [1.54, 1.807) is 18.3 Å². The Balaban J connectivity index is 0.802. The van der Waals surface area contributed by atoms with Gasteiger partial charge in [-0.1, -0.05) is 11.6 Å². The molecule has 14 heteroatoms. The summed E-state index contributed by atoms with van der Waals surface area (Å²) in [7, 11) is 0. The maximum Gasteiger partial charge on any atom is 0.270 e. The van der Waals surface area contributed by atoms with Gasteiger partial charge in [0, 0.05) is 81.3 Å². The van der Waals surface area contributed by atoms with Crippen molar-refractivity contribution in [1.29, 1.82) is 5.26 Å². The summed E-state index contributed by atoms with van der Waals surface area (Å²) in [5, 5.41) is 21.5. The number of pyridine rings is 1. The first-order valence-electron chi connectivity index (χ1n) is 19.3. The SMILES string of the molecule is C[C@@H]1CC2(CCN(c3ccc(C(=O)N4CCC(NCCNc5ccc(C(=O)N[C@@H]6CCC(=O)NC6=O)nc5)CC4)cc3)CC2)CN1c1ccc(C#N)c(Cl)c1. The van der Waals surface area contributed by atoms with Gasteiger partial charge >= 0.3 is 0 Å². The van der Waals surface area contributed by atoms with E-state index in [1.165, 1.54) is 0 Å². The van der Waals surface area contributed by atoms with Crippen LogP contribution in [0.25, 0.3) is 0 Å². The van der Waals surface area contributed by atoms with Crippen LogP contribution in [0.1, 0.15) is 78.3 Å². The Morgan fingerprint density at radius 3 is 2.40 bits per heavy atom.